The quantitative estimate of drug-likeness (QED) is 0.832. The molecule has 0 spiro atoms. The first kappa shape index (κ1) is 15.6. The molecule has 0 saturated carbocycles. The van der Waals surface area contributed by atoms with Gasteiger partial charge in [-0.15, -0.1) is 0 Å². The zero-order chi connectivity index (χ0) is 15.2. The summed E-state index contributed by atoms with van der Waals surface area (Å²) in [7, 11) is 1.74. The predicted molar refractivity (Wildman–Crippen MR) is 90.0 cm³/mol. The highest BCUT2D eigenvalue weighted by Gasteiger charge is 2.09. The van der Waals surface area contributed by atoms with E-state index in [2.05, 4.69) is 68.6 Å². The SMILES string of the molecule is COCCc1ccccc1NC(C)c1cc(C)cc(C)c1. The molecule has 0 fully saturated rings. The molecule has 0 bridgehead atoms. The number of anilines is 1. The predicted octanol–water partition coefficient (Wildman–Crippen LogP) is 4.67. The molecule has 112 valence electrons. The van der Waals surface area contributed by atoms with E-state index in [0.717, 1.165) is 13.0 Å². The molecule has 1 atom stereocenters. The number of para-hydroxylation sites is 1. The molecule has 0 amide bonds. The van der Waals surface area contributed by atoms with Gasteiger partial charge < -0.3 is 10.1 Å². The third-order valence-electron chi connectivity index (χ3n) is 3.71. The lowest BCUT2D eigenvalue weighted by molar-refractivity contribution is 0.202. The van der Waals surface area contributed by atoms with Gasteiger partial charge in [0.1, 0.15) is 0 Å². The van der Waals surface area contributed by atoms with Gasteiger partial charge in [0.25, 0.3) is 0 Å². The van der Waals surface area contributed by atoms with Gasteiger partial charge in [0.05, 0.1) is 6.61 Å². The van der Waals surface area contributed by atoms with Crippen LogP contribution in [0.3, 0.4) is 0 Å². The van der Waals surface area contributed by atoms with Crippen LogP contribution in [0.1, 0.15) is 35.2 Å². The first-order valence-corrected chi connectivity index (χ1v) is 7.51. The molecule has 0 aliphatic rings. The van der Waals surface area contributed by atoms with Crippen LogP contribution in [0, 0.1) is 13.8 Å². The minimum absolute atomic E-state index is 0.285. The number of hydrogen-bond acceptors (Lipinski definition) is 2. The van der Waals surface area contributed by atoms with E-state index in [1.807, 2.05) is 0 Å². The van der Waals surface area contributed by atoms with E-state index in [4.69, 9.17) is 4.74 Å². The van der Waals surface area contributed by atoms with Crippen LogP contribution in [0.5, 0.6) is 0 Å². The number of rotatable bonds is 6. The third-order valence-corrected chi connectivity index (χ3v) is 3.71. The fourth-order valence-corrected chi connectivity index (χ4v) is 2.67. The topological polar surface area (TPSA) is 21.3 Å². The van der Waals surface area contributed by atoms with Crippen molar-refractivity contribution in [2.45, 2.75) is 33.2 Å². The summed E-state index contributed by atoms with van der Waals surface area (Å²) in [6.45, 7) is 7.25. The Morgan fingerprint density at radius 1 is 1.05 bits per heavy atom. The van der Waals surface area contributed by atoms with Gasteiger partial charge in [-0.25, -0.2) is 0 Å². The van der Waals surface area contributed by atoms with Crippen LogP contribution < -0.4 is 5.32 Å². The Kier molecular flexibility index (Phi) is 5.40. The Hall–Kier alpha value is -1.80. The summed E-state index contributed by atoms with van der Waals surface area (Å²) in [5.74, 6) is 0. The van der Waals surface area contributed by atoms with Gasteiger partial charge in [0, 0.05) is 18.8 Å². The fourth-order valence-electron chi connectivity index (χ4n) is 2.67. The van der Waals surface area contributed by atoms with Gasteiger partial charge in [-0.3, -0.25) is 0 Å². The van der Waals surface area contributed by atoms with Crippen molar-refractivity contribution < 1.29 is 4.74 Å². The molecule has 0 radical (unpaired) electrons. The monoisotopic (exact) mass is 283 g/mol. The van der Waals surface area contributed by atoms with Crippen molar-refractivity contribution in [3.05, 3.63) is 64.7 Å². The number of nitrogens with one attached hydrogen (secondary N) is 1. The summed E-state index contributed by atoms with van der Waals surface area (Å²) in [6, 6.07) is 15.5. The highest BCUT2D eigenvalue weighted by atomic mass is 16.5. The Labute approximate surface area is 128 Å². The molecule has 2 aromatic carbocycles. The largest absolute Gasteiger partial charge is 0.384 e. The van der Waals surface area contributed by atoms with Crippen LogP contribution in [0.25, 0.3) is 0 Å². The lowest BCUT2D eigenvalue weighted by atomic mass is 10.0. The summed E-state index contributed by atoms with van der Waals surface area (Å²) in [4.78, 5) is 0. The van der Waals surface area contributed by atoms with Crippen molar-refractivity contribution in [2.24, 2.45) is 0 Å². The van der Waals surface area contributed by atoms with E-state index < -0.39 is 0 Å². The van der Waals surface area contributed by atoms with E-state index in [0.29, 0.717) is 0 Å². The summed E-state index contributed by atoms with van der Waals surface area (Å²) in [5.41, 5.74) is 6.45. The second-order valence-corrected chi connectivity index (χ2v) is 5.69. The van der Waals surface area contributed by atoms with Gasteiger partial charge in [-0.05, 0) is 44.4 Å². The van der Waals surface area contributed by atoms with Crippen molar-refractivity contribution >= 4 is 5.69 Å². The van der Waals surface area contributed by atoms with Gasteiger partial charge in [-0.2, -0.15) is 0 Å². The lowest BCUT2D eigenvalue weighted by Crippen LogP contribution is -2.09. The molecule has 1 unspecified atom stereocenters. The first-order chi connectivity index (χ1) is 10.1. The molecule has 0 heterocycles. The molecule has 2 rings (SSSR count). The van der Waals surface area contributed by atoms with Gasteiger partial charge in [-0.1, -0.05) is 47.5 Å². The number of hydrogen-bond donors (Lipinski definition) is 1. The first-order valence-electron chi connectivity index (χ1n) is 7.51. The molecule has 2 nitrogen and oxygen atoms in total. The Balaban J connectivity index is 2.17. The average Bonchev–Trinajstić information content (AvgIpc) is 2.45. The standard InChI is InChI=1S/C19H25NO/c1-14-11-15(2)13-18(12-14)16(3)20-19-8-6-5-7-17(19)9-10-21-4/h5-8,11-13,16,20H,9-10H2,1-4H3. The zero-order valence-electron chi connectivity index (χ0n) is 13.4. The van der Waals surface area contributed by atoms with E-state index in [9.17, 15) is 0 Å². The van der Waals surface area contributed by atoms with Crippen molar-refractivity contribution in [2.75, 3.05) is 19.0 Å². The van der Waals surface area contributed by atoms with E-state index in [1.54, 1.807) is 7.11 Å². The van der Waals surface area contributed by atoms with Crippen molar-refractivity contribution in [1.29, 1.82) is 0 Å². The zero-order valence-corrected chi connectivity index (χ0v) is 13.4. The number of benzene rings is 2. The summed E-state index contributed by atoms with van der Waals surface area (Å²) >= 11 is 0. The molecule has 0 aliphatic carbocycles. The van der Waals surface area contributed by atoms with Gasteiger partial charge in [0.2, 0.25) is 0 Å². The minimum Gasteiger partial charge on any atom is -0.384 e. The average molecular weight is 283 g/mol. The van der Waals surface area contributed by atoms with Gasteiger partial charge in [0.15, 0.2) is 0 Å². The van der Waals surface area contributed by atoms with Crippen LogP contribution in [-0.4, -0.2) is 13.7 Å². The molecule has 2 aromatic rings. The summed E-state index contributed by atoms with van der Waals surface area (Å²) in [6.07, 6.45) is 0.930. The Morgan fingerprint density at radius 2 is 1.71 bits per heavy atom. The second-order valence-electron chi connectivity index (χ2n) is 5.69. The van der Waals surface area contributed by atoms with Gasteiger partial charge >= 0.3 is 0 Å². The Bertz CT molecular complexity index is 572. The molecule has 0 saturated heterocycles. The van der Waals surface area contributed by atoms with Crippen molar-refractivity contribution in [1.82, 2.24) is 0 Å². The maximum Gasteiger partial charge on any atom is 0.0503 e. The van der Waals surface area contributed by atoms with E-state index >= 15 is 0 Å². The van der Waals surface area contributed by atoms with Crippen LogP contribution in [0.15, 0.2) is 42.5 Å². The molecule has 1 N–H and O–H groups in total. The number of ether oxygens (including phenoxy) is 1. The van der Waals surface area contributed by atoms with Crippen molar-refractivity contribution in [3.8, 4) is 0 Å². The van der Waals surface area contributed by atoms with E-state index in [-0.39, 0.29) is 6.04 Å². The summed E-state index contributed by atoms with van der Waals surface area (Å²) in [5, 5.41) is 3.63. The lowest BCUT2D eigenvalue weighted by Gasteiger charge is -2.19. The van der Waals surface area contributed by atoms with Crippen molar-refractivity contribution in [3.63, 3.8) is 0 Å². The van der Waals surface area contributed by atoms with Crippen LogP contribution >= 0.6 is 0 Å². The summed E-state index contributed by atoms with van der Waals surface area (Å²) < 4.78 is 5.19. The minimum atomic E-state index is 0.285. The number of methoxy groups -OCH3 is 1. The van der Waals surface area contributed by atoms with Crippen LogP contribution in [-0.2, 0) is 11.2 Å². The third kappa shape index (κ3) is 4.33. The molecule has 21 heavy (non-hydrogen) atoms. The Morgan fingerprint density at radius 3 is 2.38 bits per heavy atom. The maximum absolute atomic E-state index is 5.19. The molecule has 2 heteroatoms. The van der Waals surface area contributed by atoms with Crippen LogP contribution in [0.2, 0.25) is 0 Å². The molecular formula is C19H25NO. The number of aryl methyl sites for hydroxylation is 2. The van der Waals surface area contributed by atoms with Crippen LogP contribution in [0.4, 0.5) is 5.69 Å². The normalized spacial score (nSPS) is 12.2. The molecular weight excluding hydrogens is 258 g/mol. The maximum atomic E-state index is 5.19. The smallest absolute Gasteiger partial charge is 0.0503 e. The highest BCUT2D eigenvalue weighted by molar-refractivity contribution is 5.53. The second kappa shape index (κ2) is 7.28. The molecule has 0 aliphatic heterocycles. The fraction of sp³-hybridized carbons (Fsp3) is 0.368. The van der Waals surface area contributed by atoms with E-state index in [1.165, 1.54) is 27.9 Å². The molecule has 0 aromatic heterocycles. The highest BCUT2D eigenvalue weighted by Crippen LogP contribution is 2.24.